The Balaban J connectivity index is 1.25. The zero-order chi connectivity index (χ0) is 29.0. The van der Waals surface area contributed by atoms with Crippen LogP contribution in [0, 0.1) is 11.8 Å². The van der Waals surface area contributed by atoms with Crippen LogP contribution in [0.25, 0.3) is 11.3 Å². The van der Waals surface area contributed by atoms with Crippen molar-refractivity contribution in [1.82, 2.24) is 15.4 Å². The van der Waals surface area contributed by atoms with Crippen molar-refractivity contribution in [2.45, 2.75) is 32.1 Å². The molecule has 3 aromatic rings. The van der Waals surface area contributed by atoms with Crippen molar-refractivity contribution in [2.24, 2.45) is 0 Å². The number of hydrogen-bond donors (Lipinski definition) is 1. The van der Waals surface area contributed by atoms with Gasteiger partial charge in [0.1, 0.15) is 6.61 Å². The van der Waals surface area contributed by atoms with Crippen LogP contribution < -0.4 is 10.2 Å². The van der Waals surface area contributed by atoms with Crippen LogP contribution in [0.4, 0.5) is 0 Å². The van der Waals surface area contributed by atoms with E-state index >= 15 is 0 Å². The molecule has 0 bridgehead atoms. The average molecular weight is 572 g/mol. The third kappa shape index (κ3) is 8.86. The van der Waals surface area contributed by atoms with Crippen LogP contribution in [0.1, 0.15) is 46.3 Å². The number of hydroxylamine groups is 1. The van der Waals surface area contributed by atoms with E-state index in [1.165, 1.54) is 5.56 Å². The lowest BCUT2D eigenvalue weighted by Gasteiger charge is -2.26. The summed E-state index contributed by atoms with van der Waals surface area (Å²) in [5, 5.41) is 0. The van der Waals surface area contributed by atoms with Crippen molar-refractivity contribution < 1.29 is 28.6 Å². The van der Waals surface area contributed by atoms with E-state index in [2.05, 4.69) is 51.5 Å². The summed E-state index contributed by atoms with van der Waals surface area (Å²) in [5.41, 5.74) is 7.41. The number of amides is 1. The molecule has 1 aromatic heterocycles. The van der Waals surface area contributed by atoms with E-state index in [-0.39, 0.29) is 0 Å². The maximum Gasteiger partial charge on any atom is 0.275 e. The first-order valence-corrected chi connectivity index (χ1v) is 14.4. The zero-order valence-electron chi connectivity index (χ0n) is 24.0. The van der Waals surface area contributed by atoms with Gasteiger partial charge < -0.3 is 18.9 Å². The maximum atomic E-state index is 12.9. The van der Waals surface area contributed by atoms with Crippen LogP contribution in [-0.4, -0.2) is 75.3 Å². The molecule has 9 nitrogen and oxygen atoms in total. The number of morpholine rings is 1. The van der Waals surface area contributed by atoms with E-state index in [4.69, 9.17) is 23.8 Å². The Bertz CT molecular complexity index is 1360. The quantitative estimate of drug-likeness (QED) is 0.220. The zero-order valence-corrected chi connectivity index (χ0v) is 24.0. The molecular formula is C33H37N3O6. The fourth-order valence-electron chi connectivity index (χ4n) is 4.65. The Morgan fingerprint density at radius 2 is 1.71 bits per heavy atom. The molecule has 220 valence electrons. The normalized spacial score (nSPS) is 17.2. The Hall–Kier alpha value is -3.78. The molecular weight excluding hydrogens is 534 g/mol. The lowest BCUT2D eigenvalue weighted by Crippen LogP contribution is -2.35. The fraction of sp³-hybridized carbons (Fsp3) is 0.394. The van der Waals surface area contributed by atoms with E-state index in [1.54, 1.807) is 19.2 Å². The summed E-state index contributed by atoms with van der Waals surface area (Å²) in [7, 11) is 1.60. The van der Waals surface area contributed by atoms with Crippen molar-refractivity contribution in [3.05, 3.63) is 82.9 Å². The molecule has 9 heteroatoms. The minimum atomic E-state index is -0.442. The number of carbonyl (C=O) groups excluding carboxylic acids is 1. The molecule has 0 saturated carbocycles. The highest BCUT2D eigenvalue weighted by atomic mass is 16.8. The molecule has 1 amide bonds. The second-order valence-electron chi connectivity index (χ2n) is 10.2. The van der Waals surface area contributed by atoms with Gasteiger partial charge in [0.05, 0.1) is 25.5 Å². The highest BCUT2D eigenvalue weighted by molar-refractivity contribution is 5.94. The molecule has 2 saturated heterocycles. The van der Waals surface area contributed by atoms with Gasteiger partial charge in [0.25, 0.3) is 5.91 Å². The Morgan fingerprint density at radius 3 is 2.40 bits per heavy atom. The molecule has 0 aliphatic carbocycles. The third-order valence-electron chi connectivity index (χ3n) is 7.02. The summed E-state index contributed by atoms with van der Waals surface area (Å²) >= 11 is 0. The van der Waals surface area contributed by atoms with E-state index in [0.717, 1.165) is 68.8 Å². The van der Waals surface area contributed by atoms with Crippen LogP contribution in [0.5, 0.6) is 5.88 Å². The molecule has 2 aliphatic rings. The van der Waals surface area contributed by atoms with Crippen LogP contribution in [0.3, 0.4) is 0 Å². The summed E-state index contributed by atoms with van der Waals surface area (Å²) in [6.07, 6.45) is 2.29. The standard InChI is InChI=1S/C33H37N3O6/c1-38-20-21-40-31-23-29(33(37)35-42-32-4-2-3-17-41-32)22-30(34-31)28-13-11-26(12-14-28)6-5-25-7-9-27(10-8-25)24-36-15-18-39-19-16-36/h7-14,22-23,32H,2-4,15-21,24H2,1H3,(H,35,37). The largest absolute Gasteiger partial charge is 0.475 e. The van der Waals surface area contributed by atoms with E-state index in [9.17, 15) is 4.79 Å². The Labute approximate surface area is 247 Å². The maximum absolute atomic E-state index is 12.9. The number of carbonyl (C=O) groups is 1. The van der Waals surface area contributed by atoms with Gasteiger partial charge in [0.15, 0.2) is 6.29 Å². The highest BCUT2D eigenvalue weighted by Crippen LogP contribution is 2.23. The number of nitrogens with one attached hydrogen (secondary N) is 1. The molecule has 42 heavy (non-hydrogen) atoms. The number of methoxy groups -OCH3 is 1. The van der Waals surface area contributed by atoms with Crippen molar-refractivity contribution in [3.8, 4) is 29.0 Å². The summed E-state index contributed by atoms with van der Waals surface area (Å²) in [6, 6.07) is 19.5. The lowest BCUT2D eigenvalue weighted by atomic mass is 10.1. The lowest BCUT2D eigenvalue weighted by molar-refractivity contribution is -0.186. The van der Waals surface area contributed by atoms with Crippen LogP contribution in [0.2, 0.25) is 0 Å². The van der Waals surface area contributed by atoms with Gasteiger partial charge in [-0.25, -0.2) is 15.3 Å². The molecule has 2 fully saturated rings. The summed E-state index contributed by atoms with van der Waals surface area (Å²) in [6.45, 7) is 5.80. The Kier molecular flexibility index (Phi) is 10.9. The monoisotopic (exact) mass is 571 g/mol. The van der Waals surface area contributed by atoms with Gasteiger partial charge in [0, 0.05) is 68.1 Å². The second kappa shape index (κ2) is 15.4. The predicted octanol–water partition coefficient (Wildman–Crippen LogP) is 4.19. The minimum Gasteiger partial charge on any atom is -0.475 e. The SMILES string of the molecule is COCCOc1cc(C(=O)NOC2CCCCO2)cc(-c2ccc(C#Cc3ccc(CN4CCOCC4)cc3)cc2)n1. The predicted molar refractivity (Wildman–Crippen MR) is 158 cm³/mol. The number of hydrogen-bond acceptors (Lipinski definition) is 8. The fourth-order valence-corrected chi connectivity index (χ4v) is 4.65. The van der Waals surface area contributed by atoms with E-state index in [1.807, 2.05) is 24.3 Å². The second-order valence-corrected chi connectivity index (χ2v) is 10.2. The van der Waals surface area contributed by atoms with Crippen molar-refractivity contribution in [2.75, 3.05) is 53.2 Å². The molecule has 0 radical (unpaired) electrons. The molecule has 1 unspecified atom stereocenters. The van der Waals surface area contributed by atoms with Crippen molar-refractivity contribution >= 4 is 5.91 Å². The number of aromatic nitrogens is 1. The van der Waals surface area contributed by atoms with Gasteiger partial charge in [0.2, 0.25) is 5.88 Å². The van der Waals surface area contributed by atoms with E-state index in [0.29, 0.717) is 37.0 Å². The van der Waals surface area contributed by atoms with Gasteiger partial charge in [-0.05, 0) is 48.7 Å². The third-order valence-corrected chi connectivity index (χ3v) is 7.02. The highest BCUT2D eigenvalue weighted by Gasteiger charge is 2.18. The number of pyridine rings is 1. The molecule has 2 aromatic carbocycles. The van der Waals surface area contributed by atoms with Crippen LogP contribution in [0.15, 0.2) is 60.7 Å². The molecule has 0 spiro atoms. The van der Waals surface area contributed by atoms with Gasteiger partial charge in [-0.3, -0.25) is 9.69 Å². The average Bonchev–Trinajstić information content (AvgIpc) is 3.04. The first kappa shape index (κ1) is 29.7. The number of benzene rings is 2. The van der Waals surface area contributed by atoms with Crippen molar-refractivity contribution in [1.29, 1.82) is 0 Å². The minimum absolute atomic E-state index is 0.309. The van der Waals surface area contributed by atoms with Gasteiger partial charge >= 0.3 is 0 Å². The number of ether oxygens (including phenoxy) is 4. The van der Waals surface area contributed by atoms with Gasteiger partial charge in [-0.2, -0.15) is 0 Å². The molecule has 1 N–H and O–H groups in total. The van der Waals surface area contributed by atoms with Gasteiger partial charge in [-0.15, -0.1) is 0 Å². The topological polar surface area (TPSA) is 91.4 Å². The smallest absolute Gasteiger partial charge is 0.275 e. The van der Waals surface area contributed by atoms with E-state index < -0.39 is 12.2 Å². The first-order valence-electron chi connectivity index (χ1n) is 14.4. The number of nitrogens with zero attached hydrogens (tertiary/aromatic N) is 2. The van der Waals surface area contributed by atoms with Crippen LogP contribution >= 0.6 is 0 Å². The summed E-state index contributed by atoms with van der Waals surface area (Å²) in [4.78, 5) is 25.4. The molecule has 3 heterocycles. The number of rotatable bonds is 10. The van der Waals surface area contributed by atoms with Crippen LogP contribution in [-0.2, 0) is 25.6 Å². The molecule has 2 aliphatic heterocycles. The summed E-state index contributed by atoms with van der Waals surface area (Å²) in [5.74, 6) is 6.40. The van der Waals surface area contributed by atoms with Gasteiger partial charge in [-0.1, -0.05) is 36.1 Å². The molecule has 5 rings (SSSR count). The van der Waals surface area contributed by atoms with Crippen molar-refractivity contribution in [3.63, 3.8) is 0 Å². The molecule has 1 atom stereocenters. The Morgan fingerprint density at radius 1 is 0.976 bits per heavy atom. The summed E-state index contributed by atoms with van der Waals surface area (Å²) < 4.78 is 21.8. The first-order chi connectivity index (χ1) is 20.7.